The van der Waals surface area contributed by atoms with Crippen molar-refractivity contribution in [2.45, 2.75) is 54.2 Å². The molecule has 268 valence electrons. The Labute approximate surface area is 348 Å². The summed E-state index contributed by atoms with van der Waals surface area (Å²) in [5.74, 6) is -2.70. The number of morpholine rings is 1. The molecule has 0 bridgehead atoms. The van der Waals surface area contributed by atoms with Crippen LogP contribution in [0.1, 0.15) is 11.1 Å². The molecule has 6 rings (SSSR count). The number of carbonyl (C=O) groups is 3. The van der Waals surface area contributed by atoms with Crippen LogP contribution in [0.15, 0.2) is 34.6 Å². The summed E-state index contributed by atoms with van der Waals surface area (Å²) in [4.78, 5) is 44.9. The number of aliphatic hydroxyl groups excluding tert-OH is 1. The maximum Gasteiger partial charge on any atom is 0.260 e. The lowest BCUT2D eigenvalue weighted by Crippen LogP contribution is -2.92. The molecule has 4 unspecified atom stereocenters. The average Bonchev–Trinajstić information content (AvgIpc) is 3.39. The zero-order valence-corrected chi connectivity index (χ0v) is 37.0. The normalized spacial score (nSPS) is 33.6. The third-order valence-electron chi connectivity index (χ3n) is 15.7. The van der Waals surface area contributed by atoms with Crippen molar-refractivity contribution in [1.82, 2.24) is 20.4 Å². The molecule has 0 spiro atoms. The summed E-state index contributed by atoms with van der Waals surface area (Å²) in [5.41, 5.74) is 2.05. The summed E-state index contributed by atoms with van der Waals surface area (Å²) in [6, 6.07) is -1.21. The van der Waals surface area contributed by atoms with Crippen molar-refractivity contribution in [3.05, 3.63) is 51.5 Å². The van der Waals surface area contributed by atoms with Crippen LogP contribution in [-0.2, 0) is 29.8 Å². The molecule has 10 nitrogen and oxygen atoms in total. The minimum atomic E-state index is -2.10. The summed E-state index contributed by atoms with van der Waals surface area (Å²) in [6.45, 7) is 3.87. The fraction of sp³-hybridized carbons (Fsp3) is 0.400. The van der Waals surface area contributed by atoms with Crippen LogP contribution in [0, 0.1) is 5.82 Å². The SMILES string of the molecule is BC(=C)/C(O)=C1/C(=O)N2C3C(=O)NC(=O)C(B)(B)C3(B)BC2(O)/C1=C(/B)NC(B)(B)c1c(B)c(B)c2c(c1F)BC1(B)N(C2(B)B)C(B)(B)C(B)(B)OC1(B)B. The van der Waals surface area contributed by atoms with Gasteiger partial charge in [-0.25, -0.2) is 4.39 Å². The van der Waals surface area contributed by atoms with Crippen molar-refractivity contribution in [1.29, 1.82) is 0 Å². The van der Waals surface area contributed by atoms with Crippen LogP contribution in [0.5, 0.6) is 0 Å². The van der Waals surface area contributed by atoms with Crippen molar-refractivity contribution in [3.8, 4) is 0 Å². The van der Waals surface area contributed by atoms with Gasteiger partial charge < -0.3 is 30.1 Å². The number of allylic oxidation sites excluding steroid dienone is 1. The Hall–Kier alpha value is -2.24. The topological polar surface area (TPSA) is 131 Å². The third-order valence-corrected chi connectivity index (χ3v) is 15.7. The minimum absolute atomic E-state index is 0.0609. The first-order valence-corrected chi connectivity index (χ1v) is 19.9. The second kappa shape index (κ2) is 12.2. The lowest BCUT2D eigenvalue weighted by atomic mass is 9.21. The Morgan fingerprint density at radius 3 is 2.04 bits per heavy atom. The molecule has 1 aromatic rings. The van der Waals surface area contributed by atoms with Gasteiger partial charge in [0.05, 0.1) is 5.57 Å². The predicted molar refractivity (Wildman–Crippen MR) is 274 cm³/mol. The van der Waals surface area contributed by atoms with Gasteiger partial charge in [0.1, 0.15) is 157 Å². The van der Waals surface area contributed by atoms with Gasteiger partial charge in [-0.3, -0.25) is 19.7 Å². The molecule has 1 aromatic carbocycles. The van der Waals surface area contributed by atoms with E-state index in [0.717, 1.165) is 21.4 Å². The van der Waals surface area contributed by atoms with Crippen LogP contribution in [0.4, 0.5) is 4.39 Å². The molecule has 4 N–H and O–H groups in total. The number of imide groups is 1. The standard InChI is InChI=1S/C25H45B20FN4O6/c1-2(26)11(51)3-4(21(55)45-18(32)12(49(21)15(3)53)14(52)47-16(54)17(18,30)31)13(29)48-19(33,34)6-8(28)7(27)5-9(10(6)46)44-25(43)24(41,42)56-23(39,40)22(37,38)50(25)20(5,35)36/h12,44-45,48,51,55H,1,26-43H2,(H,47,52,54)/b11-3-,13-4-. The molecule has 4 fully saturated rings. The number of hydrogen-bond acceptors (Lipinski definition) is 8. The van der Waals surface area contributed by atoms with E-state index in [1.54, 1.807) is 39.2 Å². The maximum atomic E-state index is 17.9. The van der Waals surface area contributed by atoms with Gasteiger partial charge in [0.2, 0.25) is 11.8 Å². The fourth-order valence-electron chi connectivity index (χ4n) is 12.0. The number of benzene rings is 1. The van der Waals surface area contributed by atoms with Crippen LogP contribution in [0.2, 0.25) is 10.4 Å². The lowest BCUT2D eigenvalue weighted by Gasteiger charge is -2.75. The number of aliphatic hydroxyl groups is 2. The van der Waals surface area contributed by atoms with Crippen molar-refractivity contribution in [2.75, 3.05) is 0 Å². The van der Waals surface area contributed by atoms with E-state index in [0.29, 0.717) is 23.9 Å². The summed E-state index contributed by atoms with van der Waals surface area (Å²) < 4.78 is 24.8. The van der Waals surface area contributed by atoms with E-state index in [1.807, 2.05) is 23.5 Å². The highest BCUT2D eigenvalue weighted by Crippen LogP contribution is 2.62. The average molecular weight is 733 g/mol. The fourth-order valence-corrected chi connectivity index (χ4v) is 12.0. The monoisotopic (exact) mass is 737 g/mol. The highest BCUT2D eigenvalue weighted by molar-refractivity contribution is 6.75. The molecule has 0 saturated carbocycles. The highest BCUT2D eigenvalue weighted by atomic mass is 19.1. The van der Waals surface area contributed by atoms with Crippen LogP contribution < -0.4 is 27.0 Å². The first-order chi connectivity index (χ1) is 25.0. The quantitative estimate of drug-likeness (QED) is 0.104. The number of nitrogens with zero attached hydrogens (tertiary/aromatic N) is 2. The first kappa shape index (κ1) is 43.3. The maximum absolute atomic E-state index is 17.9. The van der Waals surface area contributed by atoms with Crippen LogP contribution in [0.25, 0.3) is 0 Å². The van der Waals surface area contributed by atoms with E-state index in [-0.39, 0.29) is 29.7 Å². The molecule has 5 aliphatic heterocycles. The zero-order chi connectivity index (χ0) is 42.9. The number of nitrogens with one attached hydrogen (secondary N) is 2. The molecule has 5 aliphatic rings. The Balaban J connectivity index is 1.56. The van der Waals surface area contributed by atoms with Gasteiger partial charge in [-0.15, -0.1) is 6.58 Å². The van der Waals surface area contributed by atoms with E-state index in [1.165, 1.54) is 0 Å². The zero-order valence-electron chi connectivity index (χ0n) is 37.0. The second-order valence-corrected chi connectivity index (χ2v) is 21.0. The van der Waals surface area contributed by atoms with E-state index < -0.39 is 77.7 Å². The number of amides is 3. The van der Waals surface area contributed by atoms with Gasteiger partial charge >= 0.3 is 0 Å². The molecular weight excluding hydrogens is 688 g/mol. The predicted octanol–water partition coefficient (Wildman–Crippen LogP) is -22.0. The van der Waals surface area contributed by atoms with Gasteiger partial charge in [-0.2, -0.15) is 0 Å². The molecule has 0 aromatic heterocycles. The Morgan fingerprint density at radius 1 is 0.946 bits per heavy atom. The van der Waals surface area contributed by atoms with Gasteiger partial charge in [-0.05, 0) is 48.4 Å². The number of piperidine rings is 1. The first-order valence-electron chi connectivity index (χ1n) is 19.9. The Kier molecular flexibility index (Phi) is 9.42. The summed E-state index contributed by atoms with van der Waals surface area (Å²) in [5, 5.41) is 23.9. The summed E-state index contributed by atoms with van der Waals surface area (Å²) in [6.07, 6.45) is 0. The van der Waals surface area contributed by atoms with Crippen molar-refractivity contribution in [2.24, 2.45) is 0 Å². The molecule has 3 amide bonds. The number of carbonyl (C=O) groups excluding carboxylic acids is 3. The van der Waals surface area contributed by atoms with E-state index in [4.69, 9.17) is 4.74 Å². The molecular formula is C25H45B20FN4O6. The highest BCUT2D eigenvalue weighted by Gasteiger charge is 2.74. The minimum Gasteiger partial charge on any atom is -0.508 e. The summed E-state index contributed by atoms with van der Waals surface area (Å²) in [7, 11) is 35.8. The smallest absolute Gasteiger partial charge is 0.260 e. The number of ether oxygens (including phenoxy) is 1. The van der Waals surface area contributed by atoms with Gasteiger partial charge in [0, 0.05) is 16.4 Å². The molecule has 5 heterocycles. The van der Waals surface area contributed by atoms with Gasteiger partial charge in [0.15, 0.2) is 22.4 Å². The van der Waals surface area contributed by atoms with Gasteiger partial charge in [0.25, 0.3) is 5.91 Å². The number of halogens is 1. The molecule has 0 radical (unpaired) electrons. The van der Waals surface area contributed by atoms with Crippen LogP contribution >= 0.6 is 0 Å². The Bertz CT molecular complexity index is 2150. The van der Waals surface area contributed by atoms with Crippen molar-refractivity contribution < 1.29 is 33.7 Å². The number of hydrogen-bond donors (Lipinski definition) is 4. The lowest BCUT2D eigenvalue weighted by molar-refractivity contribution is -0.149. The van der Waals surface area contributed by atoms with E-state index in [9.17, 15) is 24.6 Å². The molecule has 31 heteroatoms. The largest absolute Gasteiger partial charge is 0.508 e. The van der Waals surface area contributed by atoms with Crippen LogP contribution in [-0.4, -0.2) is 227 Å². The van der Waals surface area contributed by atoms with E-state index in [2.05, 4.69) is 101 Å². The molecule has 4 atom stereocenters. The van der Waals surface area contributed by atoms with Crippen LogP contribution in [0.3, 0.4) is 0 Å². The van der Waals surface area contributed by atoms with Gasteiger partial charge in [-0.1, -0.05) is 22.0 Å². The second-order valence-electron chi connectivity index (χ2n) is 21.0. The molecule has 4 saturated heterocycles. The number of fused-ring (bicyclic) bond motifs is 5. The number of rotatable bonds is 4. The molecule has 56 heavy (non-hydrogen) atoms. The van der Waals surface area contributed by atoms with Crippen molar-refractivity contribution in [3.63, 3.8) is 0 Å². The van der Waals surface area contributed by atoms with Crippen molar-refractivity contribution >= 4 is 190 Å². The van der Waals surface area contributed by atoms with E-state index >= 15 is 4.39 Å². The summed E-state index contributed by atoms with van der Waals surface area (Å²) >= 11 is 0. The third kappa shape index (κ3) is 5.16. The molecule has 0 aliphatic carbocycles. The Morgan fingerprint density at radius 2 is 1.50 bits per heavy atom.